The van der Waals surface area contributed by atoms with Gasteiger partial charge in [0.15, 0.2) is 0 Å². The van der Waals surface area contributed by atoms with Crippen LogP contribution in [0.15, 0.2) is 36.8 Å². The third-order valence-electron chi connectivity index (χ3n) is 3.14. The Morgan fingerprint density at radius 2 is 1.88 bits per heavy atom. The normalized spacial score (nSPS) is 12.0. The fourth-order valence-corrected chi connectivity index (χ4v) is 2.40. The zero-order valence-corrected chi connectivity index (χ0v) is 16.5. The molecule has 26 heavy (non-hydrogen) atoms. The van der Waals surface area contributed by atoms with Crippen molar-refractivity contribution in [1.29, 1.82) is 0 Å². The molecular formula is C17H17F3IN3O2. The Hall–Kier alpha value is -1.91. The van der Waals surface area contributed by atoms with Crippen molar-refractivity contribution >= 4 is 34.5 Å². The van der Waals surface area contributed by atoms with E-state index in [0.717, 1.165) is 26.9 Å². The summed E-state index contributed by atoms with van der Waals surface area (Å²) in [7, 11) is 0. The summed E-state index contributed by atoms with van der Waals surface area (Å²) in [6.45, 7) is 4.66. The molecule has 0 aromatic carbocycles. The molecule has 0 bridgehead atoms. The van der Waals surface area contributed by atoms with E-state index in [-0.39, 0.29) is 17.9 Å². The summed E-state index contributed by atoms with van der Waals surface area (Å²) in [5.41, 5.74) is -1.81. The fourth-order valence-electron chi connectivity index (χ4n) is 2.08. The Labute approximate surface area is 162 Å². The topological polar surface area (TPSA) is 55.3 Å². The lowest BCUT2D eigenvalue weighted by molar-refractivity contribution is -0.138. The summed E-state index contributed by atoms with van der Waals surface area (Å²) >= 11 is 2.04. The molecule has 0 aliphatic carbocycles. The number of halogens is 4. The van der Waals surface area contributed by atoms with E-state index in [1.807, 2.05) is 22.6 Å². The van der Waals surface area contributed by atoms with Crippen LogP contribution in [0.2, 0.25) is 0 Å². The molecule has 0 radical (unpaired) electrons. The van der Waals surface area contributed by atoms with Crippen molar-refractivity contribution in [2.75, 3.05) is 4.90 Å². The van der Waals surface area contributed by atoms with Crippen LogP contribution in [0.4, 0.5) is 23.8 Å². The number of nitrogens with zero attached hydrogens (tertiary/aromatic N) is 3. The number of hydrogen-bond donors (Lipinski definition) is 0. The number of pyridine rings is 2. The summed E-state index contributed by atoms with van der Waals surface area (Å²) < 4.78 is 45.9. The Morgan fingerprint density at radius 1 is 1.19 bits per heavy atom. The molecule has 140 valence electrons. The van der Waals surface area contributed by atoms with Crippen molar-refractivity contribution in [2.45, 2.75) is 39.1 Å². The van der Waals surface area contributed by atoms with Crippen molar-refractivity contribution in [3.05, 3.63) is 51.5 Å². The summed E-state index contributed by atoms with van der Waals surface area (Å²) in [5.74, 6) is 0.191. The summed E-state index contributed by atoms with van der Waals surface area (Å²) in [5, 5.41) is 0. The first kappa shape index (κ1) is 20.4. The average molecular weight is 479 g/mol. The molecule has 2 aromatic rings. The van der Waals surface area contributed by atoms with E-state index >= 15 is 0 Å². The van der Waals surface area contributed by atoms with E-state index in [0.29, 0.717) is 0 Å². The van der Waals surface area contributed by atoms with Gasteiger partial charge >= 0.3 is 12.3 Å². The van der Waals surface area contributed by atoms with Gasteiger partial charge in [-0.2, -0.15) is 13.2 Å². The molecule has 0 N–H and O–H groups in total. The minimum atomic E-state index is -4.56. The van der Waals surface area contributed by atoms with Crippen LogP contribution >= 0.6 is 22.6 Å². The molecule has 2 aromatic heterocycles. The van der Waals surface area contributed by atoms with Crippen LogP contribution in [0.25, 0.3) is 0 Å². The second-order valence-electron chi connectivity index (χ2n) is 6.43. The third kappa shape index (κ3) is 5.55. The molecule has 0 spiro atoms. The van der Waals surface area contributed by atoms with Crippen LogP contribution in [-0.2, 0) is 17.5 Å². The first-order valence-electron chi connectivity index (χ1n) is 7.59. The summed E-state index contributed by atoms with van der Waals surface area (Å²) in [6.07, 6.45) is -1.68. The standard InChI is InChI=1S/C17H17F3IN3O2/c1-16(2,3)26-15(25)24(14-5-4-12(21)9-23-14)10-11-8-22-7-6-13(11)17(18,19)20/h4-9H,10H2,1-3H3. The van der Waals surface area contributed by atoms with E-state index in [2.05, 4.69) is 9.97 Å². The maximum Gasteiger partial charge on any atom is 0.416 e. The minimum absolute atomic E-state index is 0.147. The third-order valence-corrected chi connectivity index (χ3v) is 3.78. The monoisotopic (exact) mass is 479 g/mol. The zero-order valence-electron chi connectivity index (χ0n) is 14.3. The number of carbonyl (C=O) groups excluding carboxylic acids is 1. The molecule has 5 nitrogen and oxygen atoms in total. The number of ether oxygens (including phenoxy) is 1. The molecule has 0 unspecified atom stereocenters. The van der Waals surface area contributed by atoms with Gasteiger partial charge in [-0.25, -0.2) is 9.78 Å². The fraction of sp³-hybridized carbons (Fsp3) is 0.353. The van der Waals surface area contributed by atoms with Crippen LogP contribution in [0.5, 0.6) is 0 Å². The molecule has 0 aliphatic heterocycles. The first-order valence-corrected chi connectivity index (χ1v) is 8.67. The lowest BCUT2D eigenvalue weighted by Crippen LogP contribution is -2.37. The second kappa shape index (κ2) is 7.77. The van der Waals surface area contributed by atoms with Gasteiger partial charge in [0.1, 0.15) is 11.4 Å². The highest BCUT2D eigenvalue weighted by atomic mass is 127. The molecule has 0 saturated heterocycles. The number of rotatable bonds is 3. The van der Waals surface area contributed by atoms with E-state index in [1.54, 1.807) is 32.9 Å². The number of amides is 1. The highest BCUT2D eigenvalue weighted by Crippen LogP contribution is 2.32. The van der Waals surface area contributed by atoms with Gasteiger partial charge < -0.3 is 4.74 Å². The molecule has 1 amide bonds. The second-order valence-corrected chi connectivity index (χ2v) is 7.68. The Kier molecular flexibility index (Phi) is 6.09. The molecule has 9 heteroatoms. The van der Waals surface area contributed by atoms with Gasteiger partial charge in [0, 0.05) is 27.7 Å². The van der Waals surface area contributed by atoms with Crippen molar-refractivity contribution in [3.8, 4) is 0 Å². The van der Waals surface area contributed by atoms with Gasteiger partial charge in [-0.05, 0) is 61.6 Å². The lowest BCUT2D eigenvalue weighted by Gasteiger charge is -2.27. The Bertz CT molecular complexity index is 774. The van der Waals surface area contributed by atoms with Gasteiger partial charge in [0.05, 0.1) is 12.1 Å². The largest absolute Gasteiger partial charge is 0.443 e. The molecule has 0 aliphatic rings. The lowest BCUT2D eigenvalue weighted by atomic mass is 10.1. The number of carbonyl (C=O) groups is 1. The van der Waals surface area contributed by atoms with Crippen LogP contribution in [0.1, 0.15) is 31.9 Å². The smallest absolute Gasteiger partial charge is 0.416 e. The zero-order chi connectivity index (χ0) is 19.5. The van der Waals surface area contributed by atoms with Crippen LogP contribution < -0.4 is 4.90 Å². The number of hydrogen-bond acceptors (Lipinski definition) is 4. The quantitative estimate of drug-likeness (QED) is 0.579. The van der Waals surface area contributed by atoms with E-state index in [4.69, 9.17) is 4.74 Å². The number of alkyl halides is 3. The average Bonchev–Trinajstić information content (AvgIpc) is 2.51. The number of anilines is 1. The van der Waals surface area contributed by atoms with Crippen LogP contribution in [0, 0.1) is 3.57 Å². The van der Waals surface area contributed by atoms with Gasteiger partial charge in [-0.1, -0.05) is 0 Å². The van der Waals surface area contributed by atoms with E-state index < -0.39 is 23.4 Å². The predicted molar refractivity (Wildman–Crippen MR) is 98.6 cm³/mol. The van der Waals surface area contributed by atoms with Crippen molar-refractivity contribution in [2.24, 2.45) is 0 Å². The molecule has 2 rings (SSSR count). The van der Waals surface area contributed by atoms with E-state index in [1.165, 1.54) is 6.20 Å². The maximum atomic E-state index is 13.2. The van der Waals surface area contributed by atoms with Crippen LogP contribution in [0.3, 0.4) is 0 Å². The van der Waals surface area contributed by atoms with Gasteiger partial charge in [0.25, 0.3) is 0 Å². The molecule has 0 fully saturated rings. The highest BCUT2D eigenvalue weighted by Gasteiger charge is 2.35. The van der Waals surface area contributed by atoms with Crippen LogP contribution in [-0.4, -0.2) is 21.7 Å². The van der Waals surface area contributed by atoms with Crippen molar-refractivity contribution in [3.63, 3.8) is 0 Å². The predicted octanol–water partition coefficient (Wildman–Crippen LogP) is 5.04. The van der Waals surface area contributed by atoms with Crippen molar-refractivity contribution < 1.29 is 22.7 Å². The Morgan fingerprint density at radius 3 is 2.42 bits per heavy atom. The maximum absolute atomic E-state index is 13.2. The van der Waals surface area contributed by atoms with E-state index in [9.17, 15) is 18.0 Å². The van der Waals surface area contributed by atoms with Gasteiger partial charge in [-0.3, -0.25) is 9.88 Å². The molecule has 2 heterocycles. The summed E-state index contributed by atoms with van der Waals surface area (Å²) in [6, 6.07) is 4.13. The Balaban J connectivity index is 2.42. The SMILES string of the molecule is CC(C)(C)OC(=O)N(Cc1cnccc1C(F)(F)F)c1ccc(I)cn1. The van der Waals surface area contributed by atoms with Gasteiger partial charge in [-0.15, -0.1) is 0 Å². The van der Waals surface area contributed by atoms with Crippen molar-refractivity contribution in [1.82, 2.24) is 9.97 Å². The first-order chi connectivity index (χ1) is 12.0. The molecular weight excluding hydrogens is 462 g/mol. The van der Waals surface area contributed by atoms with Gasteiger partial charge in [0.2, 0.25) is 0 Å². The summed E-state index contributed by atoms with van der Waals surface area (Å²) in [4.78, 5) is 21.5. The molecule has 0 saturated carbocycles. The molecule has 0 atom stereocenters. The number of aromatic nitrogens is 2. The minimum Gasteiger partial charge on any atom is -0.443 e. The highest BCUT2D eigenvalue weighted by molar-refractivity contribution is 14.1.